The van der Waals surface area contributed by atoms with E-state index < -0.39 is 21.8 Å². The Kier molecular flexibility index (Phi) is 7.72. The predicted octanol–water partition coefficient (Wildman–Crippen LogP) is 3.03. The van der Waals surface area contributed by atoms with Crippen LogP contribution in [-0.2, 0) is 19.6 Å². The maximum Gasteiger partial charge on any atom is 0.264 e. The van der Waals surface area contributed by atoms with Crippen LogP contribution in [0.4, 0.5) is 17.3 Å². The zero-order valence-corrected chi connectivity index (χ0v) is 22.0. The Bertz CT molecular complexity index is 1460. The van der Waals surface area contributed by atoms with Crippen LogP contribution in [0.2, 0.25) is 0 Å². The first-order valence-corrected chi connectivity index (χ1v) is 13.4. The van der Waals surface area contributed by atoms with Crippen LogP contribution in [0.1, 0.15) is 36.3 Å². The van der Waals surface area contributed by atoms with Crippen LogP contribution < -0.4 is 15.4 Å². The molecule has 1 fully saturated rings. The summed E-state index contributed by atoms with van der Waals surface area (Å²) >= 11 is 0. The molecule has 1 saturated heterocycles. The zero-order chi connectivity index (χ0) is 27.4. The van der Waals surface area contributed by atoms with Crippen molar-refractivity contribution >= 4 is 45.1 Å². The molecule has 0 saturated carbocycles. The Labute approximate surface area is 220 Å². The molecule has 4 rings (SSSR count). The number of hydrogen-bond donors (Lipinski definition) is 3. The van der Waals surface area contributed by atoms with Gasteiger partial charge in [-0.2, -0.15) is 0 Å². The fourth-order valence-electron chi connectivity index (χ4n) is 3.95. The van der Waals surface area contributed by atoms with Crippen molar-refractivity contribution in [3.05, 3.63) is 72.1 Å². The minimum Gasteiger partial charge on any atom is -0.339 e. The van der Waals surface area contributed by atoms with Crippen molar-refractivity contribution in [3.8, 4) is 0 Å². The lowest BCUT2D eigenvalue weighted by Crippen LogP contribution is -2.33. The second-order valence-corrected chi connectivity index (χ2v) is 10.9. The fourth-order valence-corrected chi connectivity index (χ4v) is 4.90. The van der Waals surface area contributed by atoms with Crippen LogP contribution >= 0.6 is 0 Å². The summed E-state index contributed by atoms with van der Waals surface area (Å²) in [6.45, 7) is 5.94. The van der Waals surface area contributed by atoms with E-state index in [0.29, 0.717) is 29.2 Å². The van der Waals surface area contributed by atoms with Crippen LogP contribution in [0.3, 0.4) is 0 Å². The lowest BCUT2D eigenvalue weighted by Gasteiger charge is -2.20. The van der Waals surface area contributed by atoms with E-state index in [2.05, 4.69) is 25.3 Å². The minimum absolute atomic E-state index is 0.0128. The summed E-state index contributed by atoms with van der Waals surface area (Å²) in [7, 11) is -3.90. The van der Waals surface area contributed by atoms with Crippen molar-refractivity contribution in [2.75, 3.05) is 21.9 Å². The van der Waals surface area contributed by atoms with Crippen LogP contribution in [0.5, 0.6) is 0 Å². The summed E-state index contributed by atoms with van der Waals surface area (Å²) in [6, 6.07) is 13.7. The van der Waals surface area contributed by atoms with Gasteiger partial charge in [0, 0.05) is 47.8 Å². The minimum atomic E-state index is -3.90. The molecule has 1 unspecified atom stereocenters. The topological polar surface area (TPSA) is 150 Å². The predicted molar refractivity (Wildman–Crippen MR) is 142 cm³/mol. The highest BCUT2D eigenvalue weighted by Crippen LogP contribution is 2.22. The molecule has 0 aliphatic carbocycles. The Morgan fingerprint density at radius 2 is 1.61 bits per heavy atom. The number of hydrogen-bond acceptors (Lipinski definition) is 7. The van der Waals surface area contributed by atoms with E-state index in [1.54, 1.807) is 42.2 Å². The number of sulfonamides is 1. The third-order valence-electron chi connectivity index (χ3n) is 6.01. The number of aromatic nitrogens is 2. The number of benzene rings is 2. The molecule has 3 aromatic rings. The third kappa shape index (κ3) is 6.32. The molecule has 12 heteroatoms. The molecule has 1 aliphatic heterocycles. The summed E-state index contributed by atoms with van der Waals surface area (Å²) in [5.74, 6) is -1.12. The summed E-state index contributed by atoms with van der Waals surface area (Å²) in [6.07, 6.45) is 1.64. The Morgan fingerprint density at radius 3 is 2.21 bits per heavy atom. The molecule has 0 radical (unpaired) electrons. The molecule has 198 valence electrons. The van der Waals surface area contributed by atoms with Crippen molar-refractivity contribution in [2.45, 2.75) is 38.1 Å². The van der Waals surface area contributed by atoms with Gasteiger partial charge in [-0.1, -0.05) is 0 Å². The van der Waals surface area contributed by atoms with E-state index in [1.165, 1.54) is 30.5 Å². The highest BCUT2D eigenvalue weighted by Gasteiger charge is 2.35. The fraction of sp³-hybridized carbons (Fsp3) is 0.269. The standard InChI is InChI=1S/C26H28N6O5S/c1-16(2)32-15-19(14-23(32)33)25(35)30-20-6-4-18(5-7-20)24(34)29-21-8-10-22(11-9-21)38(36,37)31-26-27-13-12-17(3)28-26/h4-13,16,19H,14-15H2,1-3H3,(H,29,34)(H,30,35)(H,27,28,31). The average Bonchev–Trinajstić information content (AvgIpc) is 3.27. The van der Waals surface area contributed by atoms with E-state index in [1.807, 2.05) is 13.8 Å². The van der Waals surface area contributed by atoms with Gasteiger partial charge in [0.05, 0.1) is 10.8 Å². The molecule has 1 aromatic heterocycles. The Hall–Kier alpha value is -4.32. The number of nitrogens with one attached hydrogen (secondary N) is 3. The molecule has 0 spiro atoms. The molecule has 1 atom stereocenters. The first-order valence-electron chi connectivity index (χ1n) is 12.0. The molecule has 2 heterocycles. The summed E-state index contributed by atoms with van der Waals surface area (Å²) in [5, 5.41) is 5.51. The number of amides is 3. The van der Waals surface area contributed by atoms with E-state index in [0.717, 1.165) is 0 Å². The van der Waals surface area contributed by atoms with Gasteiger partial charge in [-0.05, 0) is 75.4 Å². The number of carbonyl (C=O) groups is 3. The van der Waals surface area contributed by atoms with Crippen LogP contribution in [0, 0.1) is 12.8 Å². The van der Waals surface area contributed by atoms with Gasteiger partial charge in [-0.25, -0.2) is 23.1 Å². The first-order chi connectivity index (χ1) is 18.0. The number of anilines is 3. The number of nitrogens with zero attached hydrogens (tertiary/aromatic N) is 3. The lowest BCUT2D eigenvalue weighted by molar-refractivity contribution is -0.129. The monoisotopic (exact) mass is 536 g/mol. The van der Waals surface area contributed by atoms with E-state index in [4.69, 9.17) is 0 Å². The van der Waals surface area contributed by atoms with Crippen molar-refractivity contribution in [1.82, 2.24) is 14.9 Å². The van der Waals surface area contributed by atoms with Gasteiger partial charge >= 0.3 is 0 Å². The van der Waals surface area contributed by atoms with Gasteiger partial charge in [0.15, 0.2) is 0 Å². The van der Waals surface area contributed by atoms with Gasteiger partial charge in [0.25, 0.3) is 15.9 Å². The van der Waals surface area contributed by atoms with E-state index >= 15 is 0 Å². The van der Waals surface area contributed by atoms with Crippen molar-refractivity contribution in [2.24, 2.45) is 5.92 Å². The van der Waals surface area contributed by atoms with Crippen molar-refractivity contribution in [3.63, 3.8) is 0 Å². The second-order valence-electron chi connectivity index (χ2n) is 9.21. The zero-order valence-electron chi connectivity index (χ0n) is 21.1. The summed E-state index contributed by atoms with van der Waals surface area (Å²) < 4.78 is 27.5. The summed E-state index contributed by atoms with van der Waals surface area (Å²) in [4.78, 5) is 46.9. The number of likely N-dealkylation sites (tertiary alicyclic amines) is 1. The summed E-state index contributed by atoms with van der Waals surface area (Å²) in [5.41, 5.74) is 1.88. The first kappa shape index (κ1) is 26.7. The van der Waals surface area contributed by atoms with E-state index in [-0.39, 0.29) is 35.1 Å². The Morgan fingerprint density at radius 1 is 0.974 bits per heavy atom. The van der Waals surface area contributed by atoms with Crippen LogP contribution in [-0.4, -0.2) is 53.6 Å². The lowest BCUT2D eigenvalue weighted by atomic mass is 10.1. The Balaban J connectivity index is 1.34. The highest BCUT2D eigenvalue weighted by molar-refractivity contribution is 7.92. The molecule has 3 N–H and O–H groups in total. The largest absolute Gasteiger partial charge is 0.339 e. The average molecular weight is 537 g/mol. The molecule has 3 amide bonds. The molecule has 0 bridgehead atoms. The van der Waals surface area contributed by atoms with Gasteiger partial charge < -0.3 is 15.5 Å². The molecule has 2 aromatic carbocycles. The molecule has 1 aliphatic rings. The number of aryl methyl sites for hydroxylation is 1. The van der Waals surface area contributed by atoms with Gasteiger partial charge in [0.2, 0.25) is 17.8 Å². The smallest absolute Gasteiger partial charge is 0.264 e. The van der Waals surface area contributed by atoms with Crippen molar-refractivity contribution in [1.29, 1.82) is 0 Å². The second kappa shape index (κ2) is 11.0. The van der Waals surface area contributed by atoms with Gasteiger partial charge in [0.1, 0.15) is 0 Å². The number of rotatable bonds is 8. The quantitative estimate of drug-likeness (QED) is 0.400. The van der Waals surface area contributed by atoms with Crippen molar-refractivity contribution < 1.29 is 22.8 Å². The molecular formula is C26H28N6O5S. The van der Waals surface area contributed by atoms with Crippen LogP contribution in [0.25, 0.3) is 0 Å². The molecule has 11 nitrogen and oxygen atoms in total. The maximum absolute atomic E-state index is 12.7. The third-order valence-corrected chi connectivity index (χ3v) is 7.35. The SMILES string of the molecule is Cc1ccnc(NS(=O)(=O)c2ccc(NC(=O)c3ccc(NC(=O)C4CC(=O)N(C(C)C)C4)cc3)cc2)n1. The highest BCUT2D eigenvalue weighted by atomic mass is 32.2. The van der Waals surface area contributed by atoms with Gasteiger partial charge in [-0.3, -0.25) is 14.4 Å². The van der Waals surface area contributed by atoms with Gasteiger partial charge in [-0.15, -0.1) is 0 Å². The normalized spacial score (nSPS) is 15.4. The molecule has 38 heavy (non-hydrogen) atoms. The van der Waals surface area contributed by atoms with E-state index in [9.17, 15) is 22.8 Å². The maximum atomic E-state index is 12.7. The van der Waals surface area contributed by atoms with Crippen LogP contribution in [0.15, 0.2) is 65.7 Å². The number of carbonyl (C=O) groups excluding carboxylic acids is 3. The molecular weight excluding hydrogens is 508 g/mol.